The van der Waals surface area contributed by atoms with Crippen molar-refractivity contribution >= 4 is 17.8 Å². The largest absolute Gasteiger partial charge is 0.462 e. The molecule has 8 nitrogen and oxygen atoms in total. The normalized spacial score (nSPS) is 32.8. The van der Waals surface area contributed by atoms with Crippen LogP contribution in [0.3, 0.4) is 0 Å². The molecule has 1 heterocycles. The van der Waals surface area contributed by atoms with Crippen LogP contribution < -0.4 is 5.32 Å². The van der Waals surface area contributed by atoms with Crippen molar-refractivity contribution in [1.29, 1.82) is 0 Å². The molecule has 3 N–H and O–H groups in total. The number of fused-ring (bicyclic) bond motifs is 1. The van der Waals surface area contributed by atoms with Crippen molar-refractivity contribution in [1.82, 2.24) is 5.32 Å². The molecular weight excluding hydrogens is 450 g/mol. The first-order chi connectivity index (χ1) is 16.6. The number of esters is 2. The fourth-order valence-corrected chi connectivity index (χ4v) is 5.36. The van der Waals surface area contributed by atoms with E-state index < -0.39 is 23.5 Å². The summed E-state index contributed by atoms with van der Waals surface area (Å²) in [7, 11) is 0. The van der Waals surface area contributed by atoms with Gasteiger partial charge in [0, 0.05) is 25.3 Å². The number of aliphatic hydroxyl groups excluding tert-OH is 2. The van der Waals surface area contributed by atoms with E-state index in [1.807, 2.05) is 32.9 Å². The van der Waals surface area contributed by atoms with Crippen molar-refractivity contribution in [3.8, 4) is 0 Å². The minimum absolute atomic E-state index is 0.0412. The lowest BCUT2D eigenvalue weighted by Gasteiger charge is -2.44. The van der Waals surface area contributed by atoms with Crippen LogP contribution in [0.15, 0.2) is 23.8 Å². The van der Waals surface area contributed by atoms with E-state index in [0.29, 0.717) is 25.7 Å². The number of carbonyl (C=O) groups excluding carboxylic acids is 3. The Morgan fingerprint density at radius 3 is 2.66 bits per heavy atom. The number of amides is 1. The average molecular weight is 492 g/mol. The van der Waals surface area contributed by atoms with Crippen molar-refractivity contribution in [3.63, 3.8) is 0 Å². The summed E-state index contributed by atoms with van der Waals surface area (Å²) in [6.45, 7) is 7.85. The molecule has 0 aromatic carbocycles. The summed E-state index contributed by atoms with van der Waals surface area (Å²) in [5.41, 5.74) is 0.352. The Hall–Kier alpha value is -2.19. The predicted molar refractivity (Wildman–Crippen MR) is 130 cm³/mol. The molecule has 3 aliphatic rings. The third-order valence-corrected chi connectivity index (χ3v) is 7.89. The van der Waals surface area contributed by atoms with Crippen LogP contribution in [0.4, 0.5) is 0 Å². The molecule has 0 aromatic rings. The number of ether oxygens (including phenoxy) is 2. The summed E-state index contributed by atoms with van der Waals surface area (Å²) in [4.78, 5) is 37.6. The SMILES string of the molecule is CCC(C)(C)C(=O)O[C@H]1C[C@H](C(=O)NCCO)C=C2C=C[C@H](C)[C@H](CC[C@@H]3C[C@@H](O)CC(=O)O3)[C@H]21. The maximum absolute atomic E-state index is 13.1. The number of nitrogens with one attached hydrogen (secondary N) is 1. The Morgan fingerprint density at radius 1 is 1.26 bits per heavy atom. The van der Waals surface area contributed by atoms with Gasteiger partial charge in [0.2, 0.25) is 5.91 Å². The molecule has 196 valence electrons. The Morgan fingerprint density at radius 2 is 2.00 bits per heavy atom. The van der Waals surface area contributed by atoms with Crippen LogP contribution in [0.25, 0.3) is 0 Å². The highest BCUT2D eigenvalue weighted by atomic mass is 16.6. The summed E-state index contributed by atoms with van der Waals surface area (Å²) in [5.74, 6) is -1.01. The molecule has 0 aromatic heterocycles. The Kier molecular flexibility index (Phi) is 9.16. The van der Waals surface area contributed by atoms with E-state index in [2.05, 4.69) is 18.3 Å². The quantitative estimate of drug-likeness (QED) is 0.424. The van der Waals surface area contributed by atoms with E-state index in [9.17, 15) is 19.5 Å². The van der Waals surface area contributed by atoms with Crippen LogP contribution in [0.2, 0.25) is 0 Å². The topological polar surface area (TPSA) is 122 Å². The Labute approximate surface area is 208 Å². The van der Waals surface area contributed by atoms with Gasteiger partial charge < -0.3 is 25.0 Å². The molecule has 7 atom stereocenters. The average Bonchev–Trinajstić information content (AvgIpc) is 2.81. The third kappa shape index (κ3) is 6.73. The first-order valence-corrected chi connectivity index (χ1v) is 12.9. The van der Waals surface area contributed by atoms with Gasteiger partial charge in [0.15, 0.2) is 0 Å². The van der Waals surface area contributed by atoms with Gasteiger partial charge in [-0.3, -0.25) is 14.4 Å². The van der Waals surface area contributed by atoms with Gasteiger partial charge in [-0.05, 0) is 50.5 Å². The fourth-order valence-electron chi connectivity index (χ4n) is 5.36. The summed E-state index contributed by atoms with van der Waals surface area (Å²) < 4.78 is 11.6. The van der Waals surface area contributed by atoms with E-state index in [-0.39, 0.29) is 61.3 Å². The minimum atomic E-state index is -0.668. The zero-order chi connectivity index (χ0) is 25.8. The van der Waals surface area contributed by atoms with Gasteiger partial charge in [-0.15, -0.1) is 0 Å². The van der Waals surface area contributed by atoms with Gasteiger partial charge in [0.1, 0.15) is 12.2 Å². The van der Waals surface area contributed by atoms with Crippen LogP contribution in [0, 0.1) is 29.1 Å². The Bertz CT molecular complexity index is 848. The highest BCUT2D eigenvalue weighted by molar-refractivity contribution is 5.81. The highest BCUT2D eigenvalue weighted by Crippen LogP contribution is 2.46. The Balaban J connectivity index is 1.84. The number of hydrogen-bond donors (Lipinski definition) is 3. The molecule has 1 amide bonds. The summed E-state index contributed by atoms with van der Waals surface area (Å²) in [6, 6.07) is 0. The maximum atomic E-state index is 13.1. The van der Waals surface area contributed by atoms with Crippen LogP contribution in [-0.2, 0) is 23.9 Å². The molecule has 35 heavy (non-hydrogen) atoms. The summed E-state index contributed by atoms with van der Waals surface area (Å²) >= 11 is 0. The maximum Gasteiger partial charge on any atom is 0.311 e. The zero-order valence-corrected chi connectivity index (χ0v) is 21.4. The lowest BCUT2D eigenvalue weighted by molar-refractivity contribution is -0.166. The van der Waals surface area contributed by atoms with Crippen LogP contribution in [0.1, 0.15) is 66.2 Å². The molecule has 1 fully saturated rings. The van der Waals surface area contributed by atoms with Gasteiger partial charge in [0.05, 0.1) is 30.5 Å². The number of carbonyl (C=O) groups is 3. The molecule has 0 bridgehead atoms. The van der Waals surface area contributed by atoms with Gasteiger partial charge in [-0.2, -0.15) is 0 Å². The summed E-state index contributed by atoms with van der Waals surface area (Å²) in [6.07, 6.45) is 7.53. The van der Waals surface area contributed by atoms with Crippen molar-refractivity contribution in [3.05, 3.63) is 23.8 Å². The van der Waals surface area contributed by atoms with E-state index in [1.165, 1.54) is 0 Å². The molecule has 0 unspecified atom stereocenters. The highest BCUT2D eigenvalue weighted by Gasteiger charge is 2.45. The van der Waals surface area contributed by atoms with Crippen molar-refractivity contribution in [2.24, 2.45) is 29.1 Å². The molecule has 3 rings (SSSR count). The second-order valence-electron chi connectivity index (χ2n) is 10.9. The molecule has 0 saturated carbocycles. The van der Waals surface area contributed by atoms with E-state index in [0.717, 1.165) is 12.0 Å². The smallest absolute Gasteiger partial charge is 0.311 e. The van der Waals surface area contributed by atoms with E-state index in [1.54, 1.807) is 0 Å². The van der Waals surface area contributed by atoms with Crippen molar-refractivity contribution in [2.45, 2.75) is 84.5 Å². The molecular formula is C27H41NO7. The molecule has 0 radical (unpaired) electrons. The molecule has 1 saturated heterocycles. The number of rotatable bonds is 9. The van der Waals surface area contributed by atoms with Crippen LogP contribution >= 0.6 is 0 Å². The van der Waals surface area contributed by atoms with Crippen molar-refractivity contribution in [2.75, 3.05) is 13.2 Å². The standard InChI is InChI=1S/C27H41NO7/c1-5-27(3,4)26(33)35-22-13-18(25(32)28-10-11-29)12-17-7-6-16(2)21(24(17)22)9-8-20-14-19(30)15-23(31)34-20/h6-7,12,16,18-22,24,29-30H,5,8-11,13-15H2,1-4H3,(H,28,32)/t16-,18+,19+,20+,21-,22-,24-/m0/s1. The number of hydrogen-bond acceptors (Lipinski definition) is 7. The predicted octanol–water partition coefficient (Wildman–Crippen LogP) is 2.67. The monoisotopic (exact) mass is 491 g/mol. The van der Waals surface area contributed by atoms with Crippen LogP contribution in [0.5, 0.6) is 0 Å². The second-order valence-corrected chi connectivity index (χ2v) is 10.9. The summed E-state index contributed by atoms with van der Waals surface area (Å²) in [5, 5.41) is 21.8. The van der Waals surface area contributed by atoms with Gasteiger partial charge in [-0.1, -0.05) is 32.1 Å². The number of cyclic esters (lactones) is 1. The lowest BCUT2D eigenvalue weighted by Crippen LogP contribution is -2.46. The van der Waals surface area contributed by atoms with Gasteiger partial charge >= 0.3 is 11.9 Å². The molecule has 8 heteroatoms. The van der Waals surface area contributed by atoms with E-state index >= 15 is 0 Å². The molecule has 1 aliphatic heterocycles. The minimum Gasteiger partial charge on any atom is -0.462 e. The van der Waals surface area contributed by atoms with Crippen LogP contribution in [-0.4, -0.2) is 59.5 Å². The van der Waals surface area contributed by atoms with E-state index in [4.69, 9.17) is 14.6 Å². The first kappa shape index (κ1) is 27.4. The zero-order valence-electron chi connectivity index (χ0n) is 21.4. The number of aliphatic hydroxyl groups is 2. The number of allylic oxidation sites excluding steroid dienone is 2. The fraction of sp³-hybridized carbons (Fsp3) is 0.741. The lowest BCUT2D eigenvalue weighted by atomic mass is 9.65. The third-order valence-electron chi connectivity index (χ3n) is 7.89. The molecule has 0 spiro atoms. The first-order valence-electron chi connectivity index (χ1n) is 12.9. The second kappa shape index (κ2) is 11.7. The van der Waals surface area contributed by atoms with Gasteiger partial charge in [-0.25, -0.2) is 0 Å². The van der Waals surface area contributed by atoms with Crippen molar-refractivity contribution < 1.29 is 34.1 Å². The van der Waals surface area contributed by atoms with Gasteiger partial charge in [0.25, 0.3) is 0 Å². The molecule has 2 aliphatic carbocycles.